The maximum atomic E-state index is 6.11. The molecule has 1 aliphatic rings. The van der Waals surface area contributed by atoms with Crippen molar-refractivity contribution in [2.75, 3.05) is 0 Å². The summed E-state index contributed by atoms with van der Waals surface area (Å²) in [7, 11) is 0. The van der Waals surface area contributed by atoms with E-state index in [1.54, 1.807) is 0 Å². The highest BCUT2D eigenvalue weighted by Gasteiger charge is 2.23. The van der Waals surface area contributed by atoms with E-state index >= 15 is 0 Å². The zero-order valence-electron chi connectivity index (χ0n) is 8.12. The van der Waals surface area contributed by atoms with Crippen molar-refractivity contribution < 1.29 is 0 Å². The fourth-order valence-electron chi connectivity index (χ4n) is 2.18. The van der Waals surface area contributed by atoms with Crippen LogP contribution < -0.4 is 5.73 Å². The standard InChI is InChI=1S/C11H15BrN2/c12-11-6-5-8(7-14-11)9-3-1-2-4-10(9)13/h5-7,9-10H,1-4,13H2. The number of nitrogens with zero attached hydrogens (tertiary/aromatic N) is 1. The Morgan fingerprint density at radius 2 is 2.07 bits per heavy atom. The molecule has 0 radical (unpaired) electrons. The minimum atomic E-state index is 0.326. The number of hydrogen-bond acceptors (Lipinski definition) is 2. The van der Waals surface area contributed by atoms with Crippen LogP contribution in [0.15, 0.2) is 22.9 Å². The molecule has 0 saturated heterocycles. The lowest BCUT2D eigenvalue weighted by Crippen LogP contribution is -2.31. The molecule has 0 aliphatic heterocycles. The summed E-state index contributed by atoms with van der Waals surface area (Å²) in [6, 6.07) is 4.45. The van der Waals surface area contributed by atoms with E-state index in [1.165, 1.54) is 24.8 Å². The zero-order valence-corrected chi connectivity index (χ0v) is 9.70. The molecule has 1 heterocycles. The van der Waals surface area contributed by atoms with Crippen molar-refractivity contribution in [3.05, 3.63) is 28.5 Å². The van der Waals surface area contributed by atoms with Gasteiger partial charge >= 0.3 is 0 Å². The Labute approximate surface area is 93.0 Å². The minimum absolute atomic E-state index is 0.326. The van der Waals surface area contributed by atoms with Crippen molar-refractivity contribution >= 4 is 15.9 Å². The normalized spacial score (nSPS) is 27.6. The van der Waals surface area contributed by atoms with Gasteiger partial charge in [0.15, 0.2) is 0 Å². The minimum Gasteiger partial charge on any atom is -0.327 e. The number of hydrogen-bond donors (Lipinski definition) is 1. The molecule has 14 heavy (non-hydrogen) atoms. The maximum absolute atomic E-state index is 6.11. The summed E-state index contributed by atoms with van der Waals surface area (Å²) < 4.78 is 0.894. The highest BCUT2D eigenvalue weighted by molar-refractivity contribution is 9.10. The Hall–Kier alpha value is -0.410. The molecule has 1 aliphatic carbocycles. The molecule has 0 spiro atoms. The summed E-state index contributed by atoms with van der Waals surface area (Å²) in [4.78, 5) is 4.25. The van der Waals surface area contributed by atoms with Crippen LogP contribution in [0.5, 0.6) is 0 Å². The van der Waals surface area contributed by atoms with Gasteiger partial charge in [-0.15, -0.1) is 0 Å². The third kappa shape index (κ3) is 2.15. The lowest BCUT2D eigenvalue weighted by molar-refractivity contribution is 0.385. The van der Waals surface area contributed by atoms with Crippen molar-refractivity contribution in [2.24, 2.45) is 5.73 Å². The predicted molar refractivity (Wildman–Crippen MR) is 61.1 cm³/mol. The Bertz CT molecular complexity index is 297. The molecule has 2 rings (SSSR count). The number of halogens is 1. The quantitative estimate of drug-likeness (QED) is 0.783. The van der Waals surface area contributed by atoms with E-state index in [2.05, 4.69) is 27.0 Å². The molecular formula is C11H15BrN2. The SMILES string of the molecule is NC1CCCCC1c1ccc(Br)nc1. The average Bonchev–Trinajstić information content (AvgIpc) is 2.20. The molecule has 0 bridgehead atoms. The number of rotatable bonds is 1. The molecule has 1 saturated carbocycles. The van der Waals surface area contributed by atoms with Crippen LogP contribution in [-0.4, -0.2) is 11.0 Å². The van der Waals surface area contributed by atoms with Crippen LogP contribution in [0, 0.1) is 0 Å². The third-order valence-corrected chi connectivity index (χ3v) is 3.47. The predicted octanol–water partition coefficient (Wildman–Crippen LogP) is 2.83. The fourth-order valence-corrected chi connectivity index (χ4v) is 2.41. The van der Waals surface area contributed by atoms with Gasteiger partial charge in [0.1, 0.15) is 4.60 Å². The molecule has 2 unspecified atom stereocenters. The van der Waals surface area contributed by atoms with Gasteiger partial charge in [0.05, 0.1) is 0 Å². The summed E-state index contributed by atoms with van der Waals surface area (Å²) in [5, 5.41) is 0. The molecule has 2 atom stereocenters. The van der Waals surface area contributed by atoms with E-state index in [1.807, 2.05) is 12.3 Å². The topological polar surface area (TPSA) is 38.9 Å². The molecular weight excluding hydrogens is 240 g/mol. The van der Waals surface area contributed by atoms with Gasteiger partial charge in [0.25, 0.3) is 0 Å². The first-order chi connectivity index (χ1) is 6.77. The van der Waals surface area contributed by atoms with Gasteiger partial charge in [-0.05, 0) is 40.4 Å². The number of pyridine rings is 1. The molecule has 76 valence electrons. The zero-order chi connectivity index (χ0) is 9.97. The van der Waals surface area contributed by atoms with Gasteiger partial charge in [0, 0.05) is 18.2 Å². The van der Waals surface area contributed by atoms with Gasteiger partial charge in [-0.3, -0.25) is 0 Å². The molecule has 1 aromatic rings. The van der Waals surface area contributed by atoms with Crippen LogP contribution in [0.3, 0.4) is 0 Å². The van der Waals surface area contributed by atoms with Gasteiger partial charge < -0.3 is 5.73 Å². The van der Waals surface area contributed by atoms with E-state index in [9.17, 15) is 0 Å². The lowest BCUT2D eigenvalue weighted by atomic mass is 9.81. The summed E-state index contributed by atoms with van der Waals surface area (Å²) in [5.74, 6) is 0.518. The van der Waals surface area contributed by atoms with Crippen molar-refractivity contribution in [1.29, 1.82) is 0 Å². The van der Waals surface area contributed by atoms with Crippen LogP contribution in [0.2, 0.25) is 0 Å². The first kappa shape index (κ1) is 10.1. The second-order valence-electron chi connectivity index (χ2n) is 3.97. The van der Waals surface area contributed by atoms with Crippen LogP contribution in [0.25, 0.3) is 0 Å². The summed E-state index contributed by atoms with van der Waals surface area (Å²) in [6.45, 7) is 0. The number of aromatic nitrogens is 1. The fraction of sp³-hybridized carbons (Fsp3) is 0.545. The Morgan fingerprint density at radius 1 is 1.29 bits per heavy atom. The first-order valence-corrected chi connectivity index (χ1v) is 5.93. The second kappa shape index (κ2) is 4.41. The first-order valence-electron chi connectivity index (χ1n) is 5.14. The summed E-state index contributed by atoms with van der Waals surface area (Å²) in [5.41, 5.74) is 7.40. The summed E-state index contributed by atoms with van der Waals surface area (Å²) in [6.07, 6.45) is 6.89. The van der Waals surface area contributed by atoms with Crippen molar-refractivity contribution in [1.82, 2.24) is 4.98 Å². The smallest absolute Gasteiger partial charge is 0.106 e. The second-order valence-corrected chi connectivity index (χ2v) is 4.78. The molecule has 1 fully saturated rings. The molecule has 0 aromatic carbocycles. The van der Waals surface area contributed by atoms with Crippen LogP contribution in [-0.2, 0) is 0 Å². The monoisotopic (exact) mass is 254 g/mol. The molecule has 1 aromatic heterocycles. The van der Waals surface area contributed by atoms with Gasteiger partial charge in [-0.2, -0.15) is 0 Å². The number of nitrogens with two attached hydrogens (primary N) is 1. The Kier molecular flexibility index (Phi) is 3.19. The lowest BCUT2D eigenvalue weighted by Gasteiger charge is -2.28. The van der Waals surface area contributed by atoms with Crippen molar-refractivity contribution in [3.63, 3.8) is 0 Å². The molecule has 0 amide bonds. The average molecular weight is 255 g/mol. The van der Waals surface area contributed by atoms with Gasteiger partial charge in [-0.1, -0.05) is 18.9 Å². The molecule has 3 heteroatoms. The largest absolute Gasteiger partial charge is 0.327 e. The Morgan fingerprint density at radius 3 is 2.71 bits per heavy atom. The highest BCUT2D eigenvalue weighted by Crippen LogP contribution is 2.31. The van der Waals surface area contributed by atoms with Crippen LogP contribution in [0.4, 0.5) is 0 Å². The van der Waals surface area contributed by atoms with Crippen LogP contribution in [0.1, 0.15) is 37.2 Å². The van der Waals surface area contributed by atoms with E-state index in [4.69, 9.17) is 5.73 Å². The highest BCUT2D eigenvalue weighted by atomic mass is 79.9. The van der Waals surface area contributed by atoms with E-state index < -0.39 is 0 Å². The van der Waals surface area contributed by atoms with E-state index in [0.29, 0.717) is 12.0 Å². The molecule has 2 N–H and O–H groups in total. The van der Waals surface area contributed by atoms with Crippen molar-refractivity contribution in [3.8, 4) is 0 Å². The maximum Gasteiger partial charge on any atom is 0.106 e. The third-order valence-electron chi connectivity index (χ3n) is 3.00. The Balaban J connectivity index is 2.16. The van der Waals surface area contributed by atoms with E-state index in [-0.39, 0.29) is 0 Å². The van der Waals surface area contributed by atoms with Gasteiger partial charge in [-0.25, -0.2) is 4.98 Å². The van der Waals surface area contributed by atoms with Crippen molar-refractivity contribution in [2.45, 2.75) is 37.6 Å². The van der Waals surface area contributed by atoms with Gasteiger partial charge in [0.2, 0.25) is 0 Å². The van der Waals surface area contributed by atoms with E-state index in [0.717, 1.165) is 11.0 Å². The molecule has 2 nitrogen and oxygen atoms in total. The van der Waals surface area contributed by atoms with Crippen LogP contribution >= 0.6 is 15.9 Å². The summed E-state index contributed by atoms with van der Waals surface area (Å²) >= 11 is 3.34.